The van der Waals surface area contributed by atoms with Gasteiger partial charge in [-0.1, -0.05) is 24.3 Å². The van der Waals surface area contributed by atoms with E-state index in [2.05, 4.69) is 34.9 Å². The molecule has 0 bridgehead atoms. The summed E-state index contributed by atoms with van der Waals surface area (Å²) in [4.78, 5) is 11.1. The molecule has 0 aliphatic heterocycles. The molecule has 3 nitrogen and oxygen atoms in total. The van der Waals surface area contributed by atoms with Gasteiger partial charge in [-0.15, -0.1) is 0 Å². The molecular weight excluding hydrogens is 272 g/mol. The van der Waals surface area contributed by atoms with Gasteiger partial charge in [0.25, 0.3) is 0 Å². The summed E-state index contributed by atoms with van der Waals surface area (Å²) < 4.78 is 0. The summed E-state index contributed by atoms with van der Waals surface area (Å²) in [6.07, 6.45) is 8.38. The van der Waals surface area contributed by atoms with Crippen LogP contribution in [0.3, 0.4) is 0 Å². The highest BCUT2D eigenvalue weighted by molar-refractivity contribution is 5.73. The Labute approximate surface area is 133 Å². The maximum atomic E-state index is 11.1. The van der Waals surface area contributed by atoms with Crippen molar-refractivity contribution in [2.45, 2.75) is 64.0 Å². The zero-order valence-electron chi connectivity index (χ0n) is 13.6. The maximum absolute atomic E-state index is 11.1. The largest absolute Gasteiger partial charge is 0.354 e. The van der Waals surface area contributed by atoms with Crippen molar-refractivity contribution in [3.63, 3.8) is 0 Å². The van der Waals surface area contributed by atoms with Gasteiger partial charge in [-0.05, 0) is 68.5 Å². The van der Waals surface area contributed by atoms with Crippen LogP contribution in [0, 0.1) is 5.92 Å². The molecule has 2 N–H and O–H groups in total. The lowest BCUT2D eigenvalue weighted by atomic mass is 9.83. The zero-order valence-corrected chi connectivity index (χ0v) is 13.6. The molecule has 1 atom stereocenters. The molecule has 1 aromatic rings. The Morgan fingerprint density at radius 3 is 2.45 bits per heavy atom. The van der Waals surface area contributed by atoms with Gasteiger partial charge in [0.2, 0.25) is 5.91 Å². The molecule has 0 spiro atoms. The fourth-order valence-electron chi connectivity index (χ4n) is 4.01. The monoisotopic (exact) mass is 300 g/mol. The van der Waals surface area contributed by atoms with Crippen LogP contribution in [-0.4, -0.2) is 24.5 Å². The molecule has 3 rings (SSSR count). The van der Waals surface area contributed by atoms with Gasteiger partial charge in [-0.25, -0.2) is 0 Å². The van der Waals surface area contributed by atoms with Crippen molar-refractivity contribution in [1.82, 2.24) is 10.6 Å². The van der Waals surface area contributed by atoms with Crippen LogP contribution in [0.4, 0.5) is 0 Å². The van der Waals surface area contributed by atoms with Crippen molar-refractivity contribution in [2.75, 3.05) is 6.54 Å². The molecule has 2 aliphatic rings. The highest BCUT2D eigenvalue weighted by Crippen LogP contribution is 2.25. The summed E-state index contributed by atoms with van der Waals surface area (Å²) in [5.74, 6) is 0.889. The molecule has 1 saturated carbocycles. The van der Waals surface area contributed by atoms with Crippen LogP contribution in [-0.2, 0) is 17.6 Å². The minimum atomic E-state index is 0.109. The van der Waals surface area contributed by atoms with Crippen LogP contribution in [0.5, 0.6) is 0 Å². The van der Waals surface area contributed by atoms with E-state index in [4.69, 9.17) is 0 Å². The summed E-state index contributed by atoms with van der Waals surface area (Å²) in [6, 6.07) is 9.94. The first-order valence-corrected chi connectivity index (χ1v) is 8.78. The fourth-order valence-corrected chi connectivity index (χ4v) is 4.01. The lowest BCUT2D eigenvalue weighted by molar-refractivity contribution is -0.119. The van der Waals surface area contributed by atoms with E-state index in [1.54, 1.807) is 18.1 Å². The Morgan fingerprint density at radius 1 is 1.05 bits per heavy atom. The Bertz CT molecular complexity index is 506. The first-order chi connectivity index (χ1) is 10.7. The molecule has 0 aromatic heterocycles. The van der Waals surface area contributed by atoms with Gasteiger partial charge >= 0.3 is 0 Å². The van der Waals surface area contributed by atoms with E-state index in [1.807, 2.05) is 0 Å². The van der Waals surface area contributed by atoms with Crippen LogP contribution in [0.1, 0.15) is 50.2 Å². The number of fused-ring (bicyclic) bond motifs is 1. The normalized spacial score (nSPS) is 28.0. The number of hydrogen-bond donors (Lipinski definition) is 2. The van der Waals surface area contributed by atoms with Crippen LogP contribution in [0.15, 0.2) is 24.3 Å². The van der Waals surface area contributed by atoms with E-state index in [1.165, 1.54) is 32.1 Å². The molecule has 0 saturated heterocycles. The lowest BCUT2D eigenvalue weighted by Gasteiger charge is -2.32. The van der Waals surface area contributed by atoms with Crippen molar-refractivity contribution in [2.24, 2.45) is 5.92 Å². The van der Waals surface area contributed by atoms with Crippen molar-refractivity contribution in [1.29, 1.82) is 0 Å². The summed E-state index contributed by atoms with van der Waals surface area (Å²) in [5.41, 5.74) is 3.10. The van der Waals surface area contributed by atoms with E-state index >= 15 is 0 Å². The highest BCUT2D eigenvalue weighted by Gasteiger charge is 2.23. The summed E-state index contributed by atoms with van der Waals surface area (Å²) in [6.45, 7) is 2.76. The van der Waals surface area contributed by atoms with Gasteiger partial charge in [0.1, 0.15) is 0 Å². The predicted octanol–water partition coefficient (Wildman–Crippen LogP) is 2.83. The molecule has 0 radical (unpaired) electrons. The average molecular weight is 300 g/mol. The molecular formula is C19H28N2O. The van der Waals surface area contributed by atoms with Crippen molar-refractivity contribution >= 4 is 5.91 Å². The molecule has 22 heavy (non-hydrogen) atoms. The van der Waals surface area contributed by atoms with Crippen LogP contribution >= 0.6 is 0 Å². The van der Waals surface area contributed by atoms with Gasteiger partial charge in [0, 0.05) is 19.0 Å². The second-order valence-electron chi connectivity index (χ2n) is 7.03. The first-order valence-electron chi connectivity index (χ1n) is 8.78. The number of amides is 1. The number of aryl methyl sites for hydroxylation is 1. The molecule has 0 heterocycles. The number of nitrogens with one attached hydrogen (secondary N) is 2. The van der Waals surface area contributed by atoms with Gasteiger partial charge in [0.15, 0.2) is 0 Å². The average Bonchev–Trinajstić information content (AvgIpc) is 2.53. The topological polar surface area (TPSA) is 41.1 Å². The molecule has 3 heteroatoms. The molecule has 1 amide bonds. The van der Waals surface area contributed by atoms with Crippen molar-refractivity contribution < 1.29 is 4.79 Å². The maximum Gasteiger partial charge on any atom is 0.217 e. The minimum Gasteiger partial charge on any atom is -0.354 e. The third-order valence-corrected chi connectivity index (χ3v) is 5.28. The van der Waals surface area contributed by atoms with E-state index < -0.39 is 0 Å². The lowest BCUT2D eigenvalue weighted by Crippen LogP contribution is -2.43. The summed E-state index contributed by atoms with van der Waals surface area (Å²) in [5, 5.41) is 6.84. The molecule has 1 fully saturated rings. The Morgan fingerprint density at radius 2 is 1.73 bits per heavy atom. The number of benzene rings is 1. The van der Waals surface area contributed by atoms with Crippen molar-refractivity contribution in [3.05, 3.63) is 35.4 Å². The fraction of sp³-hybridized carbons (Fsp3) is 0.632. The molecule has 2 aliphatic carbocycles. The molecule has 0 unspecified atom stereocenters. The van der Waals surface area contributed by atoms with Crippen LogP contribution in [0.2, 0.25) is 0 Å². The zero-order chi connectivity index (χ0) is 15.4. The van der Waals surface area contributed by atoms with Crippen LogP contribution in [0.25, 0.3) is 0 Å². The number of rotatable bonds is 4. The number of carbonyl (C=O) groups is 1. The number of hydrogen-bond acceptors (Lipinski definition) is 2. The SMILES string of the molecule is CC(=O)NC1CCC(NC[C@H]2CCc3ccccc3C2)CC1. The van der Waals surface area contributed by atoms with E-state index in [9.17, 15) is 4.79 Å². The van der Waals surface area contributed by atoms with Crippen LogP contribution < -0.4 is 10.6 Å². The van der Waals surface area contributed by atoms with E-state index in [0.717, 1.165) is 25.3 Å². The molecule has 120 valence electrons. The minimum absolute atomic E-state index is 0.109. The first kappa shape index (κ1) is 15.5. The molecule has 1 aromatic carbocycles. The van der Waals surface area contributed by atoms with Crippen molar-refractivity contribution in [3.8, 4) is 0 Å². The second-order valence-corrected chi connectivity index (χ2v) is 7.03. The van der Waals surface area contributed by atoms with Gasteiger partial charge in [-0.2, -0.15) is 0 Å². The van der Waals surface area contributed by atoms with E-state index in [0.29, 0.717) is 12.1 Å². The smallest absolute Gasteiger partial charge is 0.217 e. The predicted molar refractivity (Wildman–Crippen MR) is 89.8 cm³/mol. The summed E-state index contributed by atoms with van der Waals surface area (Å²) >= 11 is 0. The van der Waals surface area contributed by atoms with E-state index in [-0.39, 0.29) is 5.91 Å². The highest BCUT2D eigenvalue weighted by atomic mass is 16.1. The Kier molecular flexibility index (Phi) is 5.14. The second kappa shape index (κ2) is 7.28. The van der Waals surface area contributed by atoms with Gasteiger partial charge < -0.3 is 10.6 Å². The summed E-state index contributed by atoms with van der Waals surface area (Å²) in [7, 11) is 0. The Hall–Kier alpha value is -1.35. The standard InChI is InChI=1S/C19H28N2O/c1-14(22)21-19-10-8-18(9-11-19)20-13-15-6-7-16-4-2-3-5-17(16)12-15/h2-5,15,18-20H,6-13H2,1H3,(H,21,22)/t15-,18?,19?/m0/s1. The quantitative estimate of drug-likeness (QED) is 0.898. The third kappa shape index (κ3) is 4.10. The third-order valence-electron chi connectivity index (χ3n) is 5.28. The number of carbonyl (C=O) groups excluding carboxylic acids is 1. The Balaban J connectivity index is 1.40. The van der Waals surface area contributed by atoms with Gasteiger partial charge in [0.05, 0.1) is 0 Å². The van der Waals surface area contributed by atoms with Gasteiger partial charge in [-0.3, -0.25) is 4.79 Å².